The first-order valence-electron chi connectivity index (χ1n) is 6.27. The number of aryl methyl sites for hydroxylation is 2. The molecule has 0 bridgehead atoms. The van der Waals surface area contributed by atoms with Gasteiger partial charge in [-0.15, -0.1) is 5.10 Å². The molecular weight excluding hydrogens is 278 g/mol. The molecule has 20 heavy (non-hydrogen) atoms. The number of hydrogen-bond donors (Lipinski definition) is 0. The maximum atomic E-state index is 11.7. The summed E-state index contributed by atoms with van der Waals surface area (Å²) < 4.78 is 11.5. The number of carbonyl (C=O) groups excluding carboxylic acids is 1. The molecule has 2 aromatic heterocycles. The number of rotatable bonds is 7. The van der Waals surface area contributed by atoms with E-state index < -0.39 is 5.97 Å². The van der Waals surface area contributed by atoms with Crippen LogP contribution in [-0.4, -0.2) is 41.8 Å². The van der Waals surface area contributed by atoms with Crippen LogP contribution in [0.1, 0.15) is 21.7 Å². The number of methoxy groups -OCH3 is 2. The van der Waals surface area contributed by atoms with Gasteiger partial charge in [-0.3, -0.25) is 0 Å². The molecule has 7 heteroatoms. The summed E-state index contributed by atoms with van der Waals surface area (Å²) in [4.78, 5) is 11.7. The van der Waals surface area contributed by atoms with Gasteiger partial charge in [0.25, 0.3) is 0 Å². The second-order valence-corrected chi connectivity index (χ2v) is 5.00. The van der Waals surface area contributed by atoms with Crippen molar-refractivity contribution in [1.82, 2.24) is 15.0 Å². The molecule has 6 nitrogen and oxygen atoms in total. The van der Waals surface area contributed by atoms with Crippen molar-refractivity contribution < 1.29 is 14.3 Å². The zero-order valence-electron chi connectivity index (χ0n) is 11.5. The highest BCUT2D eigenvalue weighted by molar-refractivity contribution is 7.07. The standard InChI is InChI=1S/C13H17N3O3S/c1-18-7-4-11-12(13(17)19-2)14-15-16(11)6-3-10-5-8-20-9-10/h5,8-9H,3-4,6-7H2,1-2H3. The summed E-state index contributed by atoms with van der Waals surface area (Å²) in [6.07, 6.45) is 1.44. The van der Waals surface area contributed by atoms with Crippen LogP contribution < -0.4 is 0 Å². The van der Waals surface area contributed by atoms with E-state index in [1.807, 2.05) is 5.38 Å². The van der Waals surface area contributed by atoms with Crippen molar-refractivity contribution in [3.05, 3.63) is 33.8 Å². The average Bonchev–Trinajstić information content (AvgIpc) is 3.11. The van der Waals surface area contributed by atoms with Crippen LogP contribution in [0.25, 0.3) is 0 Å². The molecule has 0 atom stereocenters. The molecule has 2 rings (SSSR count). The van der Waals surface area contributed by atoms with Crippen molar-refractivity contribution in [2.24, 2.45) is 0 Å². The van der Waals surface area contributed by atoms with Crippen LogP contribution in [0.5, 0.6) is 0 Å². The van der Waals surface area contributed by atoms with Crippen LogP contribution in [-0.2, 0) is 28.9 Å². The topological polar surface area (TPSA) is 66.2 Å². The fourth-order valence-corrected chi connectivity index (χ4v) is 2.59. The van der Waals surface area contributed by atoms with Crippen molar-refractivity contribution in [2.45, 2.75) is 19.4 Å². The highest BCUT2D eigenvalue weighted by Gasteiger charge is 2.19. The second-order valence-electron chi connectivity index (χ2n) is 4.22. The summed E-state index contributed by atoms with van der Waals surface area (Å²) >= 11 is 1.67. The number of thiophene rings is 1. The van der Waals surface area contributed by atoms with E-state index in [1.54, 1.807) is 23.1 Å². The Morgan fingerprint density at radius 1 is 1.40 bits per heavy atom. The normalized spacial score (nSPS) is 10.7. The Morgan fingerprint density at radius 3 is 2.90 bits per heavy atom. The predicted octanol–water partition coefficient (Wildman–Crippen LogP) is 1.56. The van der Waals surface area contributed by atoms with E-state index in [4.69, 9.17) is 9.47 Å². The van der Waals surface area contributed by atoms with Crippen LogP contribution in [0.3, 0.4) is 0 Å². The zero-order chi connectivity index (χ0) is 14.4. The Labute approximate surface area is 121 Å². The molecule has 0 aliphatic rings. The minimum Gasteiger partial charge on any atom is -0.464 e. The summed E-state index contributed by atoms with van der Waals surface area (Å²) in [6.45, 7) is 1.19. The molecule has 0 unspecified atom stereocenters. The lowest BCUT2D eigenvalue weighted by Gasteiger charge is -2.06. The van der Waals surface area contributed by atoms with Crippen molar-refractivity contribution in [3.8, 4) is 0 Å². The van der Waals surface area contributed by atoms with Crippen molar-refractivity contribution in [3.63, 3.8) is 0 Å². The number of aromatic nitrogens is 3. The van der Waals surface area contributed by atoms with E-state index >= 15 is 0 Å². The van der Waals surface area contributed by atoms with Gasteiger partial charge in [0.05, 0.1) is 19.4 Å². The quantitative estimate of drug-likeness (QED) is 0.725. The summed E-state index contributed by atoms with van der Waals surface area (Å²) in [5.41, 5.74) is 2.28. The van der Waals surface area contributed by atoms with Crippen LogP contribution in [0.15, 0.2) is 16.8 Å². The van der Waals surface area contributed by atoms with Gasteiger partial charge in [0.15, 0.2) is 5.69 Å². The van der Waals surface area contributed by atoms with E-state index in [1.165, 1.54) is 12.7 Å². The van der Waals surface area contributed by atoms with Crippen LogP contribution >= 0.6 is 11.3 Å². The SMILES string of the molecule is COCCc1c(C(=O)OC)nnn1CCc1ccsc1. The largest absolute Gasteiger partial charge is 0.464 e. The monoisotopic (exact) mass is 295 g/mol. The first kappa shape index (κ1) is 14.7. The minimum atomic E-state index is -0.460. The number of carbonyl (C=O) groups is 1. The Morgan fingerprint density at radius 2 is 2.25 bits per heavy atom. The average molecular weight is 295 g/mol. The van der Waals surface area contributed by atoms with Gasteiger partial charge >= 0.3 is 5.97 Å². The highest BCUT2D eigenvalue weighted by Crippen LogP contribution is 2.12. The molecule has 2 aromatic rings. The van der Waals surface area contributed by atoms with Crippen molar-refractivity contribution in [1.29, 1.82) is 0 Å². The zero-order valence-corrected chi connectivity index (χ0v) is 12.4. The lowest BCUT2D eigenvalue weighted by atomic mass is 10.2. The smallest absolute Gasteiger partial charge is 0.360 e. The third-order valence-corrected chi connectivity index (χ3v) is 3.68. The Balaban J connectivity index is 2.14. The number of esters is 1. The summed E-state index contributed by atoms with van der Waals surface area (Å²) in [7, 11) is 2.96. The molecule has 2 heterocycles. The molecule has 0 saturated heterocycles. The third-order valence-electron chi connectivity index (χ3n) is 2.95. The van der Waals surface area contributed by atoms with Gasteiger partial charge in [0.1, 0.15) is 0 Å². The molecule has 0 spiro atoms. The van der Waals surface area contributed by atoms with Gasteiger partial charge in [-0.05, 0) is 28.8 Å². The fourth-order valence-electron chi connectivity index (χ4n) is 1.88. The minimum absolute atomic E-state index is 0.273. The number of nitrogens with zero attached hydrogens (tertiary/aromatic N) is 3. The van der Waals surface area contributed by atoms with Gasteiger partial charge in [0.2, 0.25) is 0 Å². The van der Waals surface area contributed by atoms with Gasteiger partial charge in [-0.25, -0.2) is 9.48 Å². The molecule has 0 aromatic carbocycles. The first-order chi connectivity index (χ1) is 9.76. The van der Waals surface area contributed by atoms with E-state index in [9.17, 15) is 4.79 Å². The number of ether oxygens (including phenoxy) is 2. The van der Waals surface area contributed by atoms with Gasteiger partial charge in [0, 0.05) is 20.1 Å². The molecule has 0 aliphatic carbocycles. The maximum absolute atomic E-state index is 11.7. The Hall–Kier alpha value is -1.73. The molecule has 0 fully saturated rings. The molecule has 108 valence electrons. The van der Waals surface area contributed by atoms with Gasteiger partial charge in [-0.1, -0.05) is 5.21 Å². The summed E-state index contributed by atoms with van der Waals surface area (Å²) in [5.74, 6) is -0.460. The van der Waals surface area contributed by atoms with Crippen molar-refractivity contribution in [2.75, 3.05) is 20.8 Å². The molecule has 0 aliphatic heterocycles. The number of hydrogen-bond acceptors (Lipinski definition) is 6. The highest BCUT2D eigenvalue weighted by atomic mass is 32.1. The summed E-state index contributed by atoms with van der Waals surface area (Å²) in [6, 6.07) is 2.08. The van der Waals surface area contributed by atoms with Gasteiger partial charge < -0.3 is 9.47 Å². The van der Waals surface area contributed by atoms with Crippen LogP contribution in [0.4, 0.5) is 0 Å². The maximum Gasteiger partial charge on any atom is 0.360 e. The lowest BCUT2D eigenvalue weighted by Crippen LogP contribution is -2.13. The van der Waals surface area contributed by atoms with Crippen LogP contribution in [0, 0.1) is 0 Å². The lowest BCUT2D eigenvalue weighted by molar-refractivity contribution is 0.0592. The van der Waals surface area contributed by atoms with E-state index in [2.05, 4.69) is 21.8 Å². The van der Waals surface area contributed by atoms with E-state index in [-0.39, 0.29) is 5.69 Å². The van der Waals surface area contributed by atoms with E-state index in [0.717, 1.165) is 12.1 Å². The predicted molar refractivity (Wildman–Crippen MR) is 75.0 cm³/mol. The molecule has 0 N–H and O–H groups in total. The second kappa shape index (κ2) is 7.16. The Kier molecular flexibility index (Phi) is 5.25. The molecule has 0 amide bonds. The summed E-state index contributed by atoms with van der Waals surface area (Å²) in [5, 5.41) is 12.1. The molecule has 0 radical (unpaired) electrons. The molecule has 0 saturated carbocycles. The molecular formula is C13H17N3O3S. The van der Waals surface area contributed by atoms with Crippen LogP contribution in [0.2, 0.25) is 0 Å². The van der Waals surface area contributed by atoms with Crippen molar-refractivity contribution >= 4 is 17.3 Å². The third kappa shape index (κ3) is 3.43. The Bertz CT molecular complexity index is 551. The fraction of sp³-hybridized carbons (Fsp3) is 0.462. The first-order valence-corrected chi connectivity index (χ1v) is 7.21. The van der Waals surface area contributed by atoms with E-state index in [0.29, 0.717) is 19.6 Å². The van der Waals surface area contributed by atoms with Gasteiger partial charge in [-0.2, -0.15) is 11.3 Å².